The number of hydrogen-bond acceptors (Lipinski definition) is 4. The van der Waals surface area contributed by atoms with E-state index >= 15 is 0 Å². The van der Waals surface area contributed by atoms with Crippen LogP contribution in [0, 0.1) is 5.82 Å². The number of aliphatic carboxylic acids is 1. The first-order valence-corrected chi connectivity index (χ1v) is 5.32. The van der Waals surface area contributed by atoms with Crippen LogP contribution in [0.15, 0.2) is 18.5 Å². The number of carbonyl (C=O) groups is 2. The minimum absolute atomic E-state index is 0.0478. The summed E-state index contributed by atoms with van der Waals surface area (Å²) in [5, 5.41) is 18.4. The van der Waals surface area contributed by atoms with Crippen molar-refractivity contribution in [2.75, 3.05) is 6.54 Å². The Bertz CT molecular complexity index is 494. The van der Waals surface area contributed by atoms with Crippen LogP contribution in [0.4, 0.5) is 4.39 Å². The Balaban J connectivity index is 2.28. The molecule has 2 unspecified atom stereocenters. The van der Waals surface area contributed by atoms with Gasteiger partial charge in [-0.05, 0) is 6.07 Å². The van der Waals surface area contributed by atoms with Crippen LogP contribution < -0.4 is 0 Å². The van der Waals surface area contributed by atoms with Gasteiger partial charge in [0.25, 0.3) is 5.91 Å². The summed E-state index contributed by atoms with van der Waals surface area (Å²) in [6.45, 7) is -0.114. The molecular weight excluding hydrogens is 243 g/mol. The molecule has 0 aromatic carbocycles. The maximum atomic E-state index is 13.4. The second kappa shape index (κ2) is 4.69. The average Bonchev–Trinajstić information content (AvgIpc) is 2.71. The molecule has 2 N–H and O–H groups in total. The Morgan fingerprint density at radius 1 is 1.50 bits per heavy atom. The molecule has 2 atom stereocenters. The fourth-order valence-electron chi connectivity index (χ4n) is 1.98. The van der Waals surface area contributed by atoms with Crippen molar-refractivity contribution in [3.63, 3.8) is 0 Å². The summed E-state index contributed by atoms with van der Waals surface area (Å²) in [4.78, 5) is 27.5. The van der Waals surface area contributed by atoms with E-state index in [1.54, 1.807) is 0 Å². The number of carboxylic acids is 1. The molecule has 1 aromatic rings. The molecule has 7 heteroatoms. The average molecular weight is 254 g/mol. The summed E-state index contributed by atoms with van der Waals surface area (Å²) in [5.41, 5.74) is -0.245. The van der Waals surface area contributed by atoms with E-state index in [0.717, 1.165) is 11.1 Å². The molecule has 18 heavy (non-hydrogen) atoms. The van der Waals surface area contributed by atoms with Crippen molar-refractivity contribution in [2.45, 2.75) is 18.6 Å². The molecule has 0 aliphatic carbocycles. The topological polar surface area (TPSA) is 90.7 Å². The van der Waals surface area contributed by atoms with Crippen LogP contribution in [-0.2, 0) is 4.79 Å². The van der Waals surface area contributed by atoms with E-state index in [9.17, 15) is 19.1 Å². The predicted molar refractivity (Wildman–Crippen MR) is 57.3 cm³/mol. The standard InChI is InChI=1S/C11H11FN2O4/c12-8-4-13-2-1-7(8)10(16)14-5-6(15)3-9(14)11(17)18/h1-2,4,6,9,15H,3,5H2,(H,17,18). The van der Waals surface area contributed by atoms with Gasteiger partial charge in [-0.25, -0.2) is 9.18 Å². The lowest BCUT2D eigenvalue weighted by Gasteiger charge is -2.21. The quantitative estimate of drug-likeness (QED) is 0.767. The second-order valence-electron chi connectivity index (χ2n) is 4.06. The Morgan fingerprint density at radius 2 is 2.22 bits per heavy atom. The molecule has 1 amide bonds. The molecular formula is C11H11FN2O4. The predicted octanol–water partition coefficient (Wildman–Crippen LogP) is -0.119. The first kappa shape index (κ1) is 12.4. The number of pyridine rings is 1. The van der Waals surface area contributed by atoms with Gasteiger partial charge in [-0.1, -0.05) is 0 Å². The zero-order chi connectivity index (χ0) is 13.3. The molecule has 0 saturated carbocycles. The van der Waals surface area contributed by atoms with Crippen LogP contribution >= 0.6 is 0 Å². The van der Waals surface area contributed by atoms with Gasteiger partial charge in [-0.2, -0.15) is 0 Å². The highest BCUT2D eigenvalue weighted by molar-refractivity contribution is 5.97. The van der Waals surface area contributed by atoms with Crippen molar-refractivity contribution >= 4 is 11.9 Å². The number of hydrogen-bond donors (Lipinski definition) is 2. The first-order valence-electron chi connectivity index (χ1n) is 5.32. The third kappa shape index (κ3) is 2.17. The minimum Gasteiger partial charge on any atom is -0.480 e. The smallest absolute Gasteiger partial charge is 0.326 e. The maximum Gasteiger partial charge on any atom is 0.326 e. The SMILES string of the molecule is O=C(O)C1CC(O)CN1C(=O)c1ccncc1F. The molecule has 0 bridgehead atoms. The van der Waals surface area contributed by atoms with Gasteiger partial charge in [0.1, 0.15) is 6.04 Å². The molecule has 0 spiro atoms. The number of β-amino-alcohol motifs (C(OH)–C–C–N with tert-alkyl or cyclic N) is 1. The number of likely N-dealkylation sites (tertiary alicyclic amines) is 1. The van der Waals surface area contributed by atoms with Crippen LogP contribution in [-0.4, -0.2) is 50.7 Å². The highest BCUT2D eigenvalue weighted by Crippen LogP contribution is 2.21. The van der Waals surface area contributed by atoms with Gasteiger partial charge in [0.15, 0.2) is 5.82 Å². The zero-order valence-corrected chi connectivity index (χ0v) is 9.28. The van der Waals surface area contributed by atoms with Gasteiger partial charge in [-0.15, -0.1) is 0 Å². The van der Waals surface area contributed by atoms with Crippen molar-refractivity contribution < 1.29 is 24.2 Å². The number of rotatable bonds is 2. The third-order valence-corrected chi connectivity index (χ3v) is 2.83. The maximum absolute atomic E-state index is 13.4. The van der Waals surface area contributed by atoms with Crippen LogP contribution in [0.3, 0.4) is 0 Å². The lowest BCUT2D eigenvalue weighted by Crippen LogP contribution is -2.40. The summed E-state index contributed by atoms with van der Waals surface area (Å²) in [6, 6.07) is 0.0569. The second-order valence-corrected chi connectivity index (χ2v) is 4.06. The summed E-state index contributed by atoms with van der Waals surface area (Å²) in [6.07, 6.45) is 1.18. The molecule has 6 nitrogen and oxygen atoms in total. The van der Waals surface area contributed by atoms with Crippen LogP contribution in [0.5, 0.6) is 0 Å². The van der Waals surface area contributed by atoms with Gasteiger partial charge in [-0.3, -0.25) is 9.78 Å². The fourth-order valence-corrected chi connectivity index (χ4v) is 1.98. The van der Waals surface area contributed by atoms with Crippen molar-refractivity contribution in [3.8, 4) is 0 Å². The Hall–Kier alpha value is -2.02. The fraction of sp³-hybridized carbons (Fsp3) is 0.364. The summed E-state index contributed by atoms with van der Waals surface area (Å²) in [7, 11) is 0. The number of aromatic nitrogens is 1. The number of aliphatic hydroxyl groups is 1. The van der Waals surface area contributed by atoms with E-state index in [1.807, 2.05) is 0 Å². The molecule has 1 fully saturated rings. The van der Waals surface area contributed by atoms with E-state index in [1.165, 1.54) is 12.3 Å². The molecule has 1 aromatic heterocycles. The van der Waals surface area contributed by atoms with Gasteiger partial charge in [0.2, 0.25) is 0 Å². The minimum atomic E-state index is -1.21. The van der Waals surface area contributed by atoms with Gasteiger partial charge >= 0.3 is 5.97 Å². The van der Waals surface area contributed by atoms with Crippen LogP contribution in [0.2, 0.25) is 0 Å². The summed E-state index contributed by atoms with van der Waals surface area (Å²) in [5.74, 6) is -2.78. The van der Waals surface area contributed by atoms with E-state index in [-0.39, 0.29) is 18.5 Å². The molecule has 2 rings (SSSR count). The Kier molecular flexibility index (Phi) is 3.24. The Labute approximate surface area is 102 Å². The Morgan fingerprint density at radius 3 is 2.83 bits per heavy atom. The number of aliphatic hydroxyl groups excluding tert-OH is 1. The molecule has 1 aliphatic rings. The largest absolute Gasteiger partial charge is 0.480 e. The zero-order valence-electron chi connectivity index (χ0n) is 9.28. The normalized spacial score (nSPS) is 23.1. The van der Waals surface area contributed by atoms with Gasteiger partial charge < -0.3 is 15.1 Å². The molecule has 1 aliphatic heterocycles. The monoisotopic (exact) mass is 254 g/mol. The highest BCUT2D eigenvalue weighted by atomic mass is 19.1. The van der Waals surface area contributed by atoms with Gasteiger partial charge in [0, 0.05) is 19.2 Å². The molecule has 96 valence electrons. The summed E-state index contributed by atoms with van der Waals surface area (Å²) >= 11 is 0. The number of carbonyl (C=O) groups excluding carboxylic acids is 1. The van der Waals surface area contributed by atoms with Crippen molar-refractivity contribution in [1.82, 2.24) is 9.88 Å². The third-order valence-electron chi connectivity index (χ3n) is 2.83. The molecule has 0 radical (unpaired) electrons. The van der Waals surface area contributed by atoms with E-state index in [2.05, 4.69) is 4.98 Å². The van der Waals surface area contributed by atoms with E-state index < -0.39 is 29.8 Å². The van der Waals surface area contributed by atoms with Crippen molar-refractivity contribution in [1.29, 1.82) is 0 Å². The van der Waals surface area contributed by atoms with Crippen molar-refractivity contribution in [3.05, 3.63) is 29.8 Å². The lowest BCUT2D eigenvalue weighted by atomic mass is 10.2. The first-order chi connectivity index (χ1) is 8.50. The van der Waals surface area contributed by atoms with E-state index in [0.29, 0.717) is 0 Å². The van der Waals surface area contributed by atoms with E-state index in [4.69, 9.17) is 5.11 Å². The number of carboxylic acid groups (broad SMARTS) is 1. The highest BCUT2D eigenvalue weighted by Gasteiger charge is 2.39. The van der Waals surface area contributed by atoms with Crippen LogP contribution in [0.1, 0.15) is 16.8 Å². The number of nitrogens with zero attached hydrogens (tertiary/aromatic N) is 2. The van der Waals surface area contributed by atoms with Gasteiger partial charge in [0.05, 0.1) is 17.9 Å². The molecule has 2 heterocycles. The lowest BCUT2D eigenvalue weighted by molar-refractivity contribution is -0.141. The number of amides is 1. The van der Waals surface area contributed by atoms with Crippen LogP contribution in [0.25, 0.3) is 0 Å². The summed E-state index contributed by atoms with van der Waals surface area (Å²) < 4.78 is 13.4. The van der Waals surface area contributed by atoms with Crippen molar-refractivity contribution in [2.24, 2.45) is 0 Å². The number of halogens is 1. The molecule has 1 saturated heterocycles.